The van der Waals surface area contributed by atoms with Gasteiger partial charge in [0.15, 0.2) is 0 Å². The van der Waals surface area contributed by atoms with Crippen LogP contribution in [0.3, 0.4) is 0 Å². The Labute approximate surface area is 98.8 Å². The van der Waals surface area contributed by atoms with Gasteiger partial charge in [-0.1, -0.05) is 0 Å². The van der Waals surface area contributed by atoms with E-state index < -0.39 is 15.8 Å². The second-order valence-corrected chi connectivity index (χ2v) is 6.00. The van der Waals surface area contributed by atoms with Gasteiger partial charge in [-0.25, -0.2) is 4.39 Å². The lowest BCUT2D eigenvalue weighted by atomic mass is 10.2. The van der Waals surface area contributed by atoms with Crippen LogP contribution in [-0.2, 0) is 10.0 Å². The van der Waals surface area contributed by atoms with E-state index in [2.05, 4.69) is 4.40 Å². The predicted molar refractivity (Wildman–Crippen MR) is 62.1 cm³/mol. The third kappa shape index (κ3) is 1.93. The van der Waals surface area contributed by atoms with Crippen molar-refractivity contribution in [2.75, 3.05) is 11.4 Å². The molecule has 3 rings (SSSR count). The van der Waals surface area contributed by atoms with Gasteiger partial charge in [0.05, 0.1) is 5.69 Å². The van der Waals surface area contributed by atoms with Gasteiger partial charge in [-0.2, -0.15) is 8.42 Å². The van der Waals surface area contributed by atoms with Crippen LogP contribution in [0.2, 0.25) is 0 Å². The fourth-order valence-corrected chi connectivity index (χ4v) is 2.96. The number of hydrogen-bond donors (Lipinski definition) is 0. The van der Waals surface area contributed by atoms with E-state index in [9.17, 15) is 12.8 Å². The average molecular weight is 254 g/mol. The monoisotopic (exact) mass is 254 g/mol. The molecule has 1 heterocycles. The van der Waals surface area contributed by atoms with Crippen LogP contribution in [0.15, 0.2) is 27.5 Å². The molecule has 0 bridgehead atoms. The van der Waals surface area contributed by atoms with E-state index in [1.807, 2.05) is 0 Å². The first kappa shape index (κ1) is 10.7. The number of hydrogen-bond acceptors (Lipinski definition) is 3. The molecule has 0 N–H and O–H groups in total. The molecule has 1 aliphatic heterocycles. The molecule has 1 aromatic rings. The molecule has 4 nitrogen and oxygen atoms in total. The highest BCUT2D eigenvalue weighted by atomic mass is 32.2. The summed E-state index contributed by atoms with van der Waals surface area (Å²) in [6.45, 7) is 0.748. The average Bonchev–Trinajstić information content (AvgIpc) is 3.07. The number of halogens is 1. The second-order valence-electron chi connectivity index (χ2n) is 4.40. The number of sulfonamides is 1. The van der Waals surface area contributed by atoms with Gasteiger partial charge in [0.2, 0.25) is 0 Å². The summed E-state index contributed by atoms with van der Waals surface area (Å²) in [7, 11) is -3.73. The first-order chi connectivity index (χ1) is 8.06. The molecular weight excluding hydrogens is 243 g/mol. The quantitative estimate of drug-likeness (QED) is 0.808. The Hall–Kier alpha value is -1.43. The first-order valence-corrected chi connectivity index (χ1v) is 6.87. The minimum Gasteiger partial charge on any atom is -0.330 e. The molecule has 1 aromatic carbocycles. The highest BCUT2D eigenvalue weighted by Crippen LogP contribution is 2.35. The number of benzene rings is 1. The lowest BCUT2D eigenvalue weighted by Crippen LogP contribution is -2.29. The Balaban J connectivity index is 2.08. The minimum atomic E-state index is -3.73. The molecular formula is C11H11FN2O2S. The smallest absolute Gasteiger partial charge is 0.285 e. The number of anilines is 1. The summed E-state index contributed by atoms with van der Waals surface area (Å²) < 4.78 is 40.0. The van der Waals surface area contributed by atoms with E-state index in [1.54, 1.807) is 4.90 Å². The molecule has 1 saturated carbocycles. The summed E-state index contributed by atoms with van der Waals surface area (Å²) in [4.78, 5) is 1.74. The van der Waals surface area contributed by atoms with Crippen molar-refractivity contribution in [2.45, 2.75) is 17.7 Å². The molecule has 1 aliphatic carbocycles. The normalized spacial score (nSPS) is 21.4. The van der Waals surface area contributed by atoms with Gasteiger partial charge in [-0.05, 0) is 37.0 Å². The van der Waals surface area contributed by atoms with Crippen LogP contribution in [0.1, 0.15) is 12.8 Å². The van der Waals surface area contributed by atoms with Gasteiger partial charge in [0.25, 0.3) is 10.0 Å². The summed E-state index contributed by atoms with van der Waals surface area (Å²) in [5, 5.41) is 0. The summed E-state index contributed by atoms with van der Waals surface area (Å²) in [6.07, 6.45) is 3.65. The summed E-state index contributed by atoms with van der Waals surface area (Å²) in [5.74, 6) is 0.0379. The molecule has 0 atom stereocenters. The van der Waals surface area contributed by atoms with Gasteiger partial charge in [0, 0.05) is 6.54 Å². The molecule has 6 heteroatoms. The Morgan fingerprint density at radius 2 is 2.18 bits per heavy atom. The fraction of sp³-hybridized carbons (Fsp3) is 0.364. The molecule has 2 aliphatic rings. The van der Waals surface area contributed by atoms with Crippen molar-refractivity contribution in [1.82, 2.24) is 0 Å². The van der Waals surface area contributed by atoms with Crippen molar-refractivity contribution in [3.8, 4) is 0 Å². The van der Waals surface area contributed by atoms with Crippen LogP contribution in [-0.4, -0.2) is 21.3 Å². The molecule has 1 fully saturated rings. The zero-order valence-electron chi connectivity index (χ0n) is 9.01. The van der Waals surface area contributed by atoms with Gasteiger partial charge in [-0.15, -0.1) is 4.40 Å². The maximum absolute atomic E-state index is 13.1. The van der Waals surface area contributed by atoms with Crippen LogP contribution in [0.5, 0.6) is 0 Å². The van der Waals surface area contributed by atoms with E-state index in [0.717, 1.165) is 25.5 Å². The topological polar surface area (TPSA) is 49.7 Å². The van der Waals surface area contributed by atoms with Crippen molar-refractivity contribution in [3.63, 3.8) is 0 Å². The Morgan fingerprint density at radius 1 is 1.41 bits per heavy atom. The molecule has 0 saturated heterocycles. The molecule has 90 valence electrons. The number of rotatable bonds is 2. The minimum absolute atomic E-state index is 0.0411. The number of fused-ring (bicyclic) bond motifs is 1. The molecule has 0 unspecified atom stereocenters. The van der Waals surface area contributed by atoms with Gasteiger partial charge >= 0.3 is 0 Å². The van der Waals surface area contributed by atoms with Crippen LogP contribution >= 0.6 is 0 Å². The van der Waals surface area contributed by atoms with Crippen molar-refractivity contribution in [2.24, 2.45) is 10.3 Å². The maximum atomic E-state index is 13.1. The summed E-state index contributed by atoms with van der Waals surface area (Å²) in [6, 6.07) is 3.80. The van der Waals surface area contributed by atoms with E-state index in [-0.39, 0.29) is 4.90 Å². The van der Waals surface area contributed by atoms with Gasteiger partial charge < -0.3 is 4.90 Å². The maximum Gasteiger partial charge on any atom is 0.285 e. The van der Waals surface area contributed by atoms with Crippen LogP contribution in [0, 0.1) is 11.7 Å². The predicted octanol–water partition coefficient (Wildman–Crippen LogP) is 1.77. The highest BCUT2D eigenvalue weighted by Gasteiger charge is 2.30. The Bertz CT molecular complexity index is 593. The Morgan fingerprint density at radius 3 is 2.88 bits per heavy atom. The third-order valence-corrected chi connectivity index (χ3v) is 4.24. The van der Waals surface area contributed by atoms with E-state index in [4.69, 9.17) is 0 Å². The van der Waals surface area contributed by atoms with Crippen LogP contribution in [0.4, 0.5) is 10.1 Å². The first-order valence-electron chi connectivity index (χ1n) is 5.43. The van der Waals surface area contributed by atoms with Crippen LogP contribution < -0.4 is 4.90 Å². The third-order valence-electron chi connectivity index (χ3n) is 2.99. The van der Waals surface area contributed by atoms with Crippen molar-refractivity contribution < 1.29 is 12.8 Å². The van der Waals surface area contributed by atoms with Crippen LogP contribution in [0.25, 0.3) is 0 Å². The summed E-state index contributed by atoms with van der Waals surface area (Å²) >= 11 is 0. The van der Waals surface area contributed by atoms with E-state index >= 15 is 0 Å². The van der Waals surface area contributed by atoms with E-state index in [0.29, 0.717) is 11.6 Å². The van der Waals surface area contributed by atoms with Gasteiger partial charge in [-0.3, -0.25) is 0 Å². The van der Waals surface area contributed by atoms with Crippen molar-refractivity contribution in [1.29, 1.82) is 0 Å². The summed E-state index contributed by atoms with van der Waals surface area (Å²) in [5.41, 5.74) is 0.522. The lowest BCUT2D eigenvalue weighted by molar-refractivity contribution is 0.591. The Kier molecular flexibility index (Phi) is 2.22. The molecule has 17 heavy (non-hydrogen) atoms. The zero-order valence-corrected chi connectivity index (χ0v) is 9.82. The molecule has 0 amide bonds. The highest BCUT2D eigenvalue weighted by molar-refractivity contribution is 7.90. The standard InChI is InChI=1S/C11H11FN2O2S/c12-9-3-4-10-11(5-9)17(15,16)13-7-14(10)6-8-1-2-8/h3-5,7-8H,1-2,6H2. The second kappa shape index (κ2) is 3.53. The van der Waals surface area contributed by atoms with E-state index in [1.165, 1.54) is 18.5 Å². The zero-order chi connectivity index (χ0) is 12.0. The SMILES string of the molecule is O=S1(=O)N=CN(CC2CC2)c2ccc(F)cc21. The fourth-order valence-electron chi connectivity index (χ4n) is 1.89. The number of nitrogens with zero attached hydrogens (tertiary/aromatic N) is 2. The molecule has 0 aromatic heterocycles. The largest absolute Gasteiger partial charge is 0.330 e. The van der Waals surface area contributed by atoms with Gasteiger partial charge in [0.1, 0.15) is 17.1 Å². The van der Waals surface area contributed by atoms with Crippen molar-refractivity contribution in [3.05, 3.63) is 24.0 Å². The lowest BCUT2D eigenvalue weighted by Gasteiger charge is -2.24. The molecule has 0 spiro atoms. The molecule has 0 radical (unpaired) electrons. The van der Waals surface area contributed by atoms with Crippen molar-refractivity contribution >= 4 is 22.0 Å².